The van der Waals surface area contributed by atoms with E-state index in [2.05, 4.69) is 5.32 Å². The average molecular weight is 371 g/mol. The van der Waals surface area contributed by atoms with Gasteiger partial charge in [0.15, 0.2) is 0 Å². The molecule has 1 saturated heterocycles. The van der Waals surface area contributed by atoms with Crippen molar-refractivity contribution in [3.8, 4) is 17.2 Å². The molecule has 0 aliphatic carbocycles. The number of benzene rings is 2. The van der Waals surface area contributed by atoms with E-state index >= 15 is 0 Å². The van der Waals surface area contributed by atoms with Gasteiger partial charge in [-0.1, -0.05) is 30.3 Å². The van der Waals surface area contributed by atoms with Crippen molar-refractivity contribution in [2.45, 2.75) is 31.5 Å². The zero-order chi connectivity index (χ0) is 19.6. The van der Waals surface area contributed by atoms with Crippen LogP contribution in [-0.2, 0) is 9.53 Å². The van der Waals surface area contributed by atoms with Gasteiger partial charge in [0.05, 0.1) is 32.9 Å². The molecular weight excluding hydrogens is 346 g/mol. The number of nitrogens with one attached hydrogen (secondary N) is 1. The molecular formula is C21H25NO5. The van der Waals surface area contributed by atoms with Gasteiger partial charge in [0.25, 0.3) is 0 Å². The summed E-state index contributed by atoms with van der Waals surface area (Å²) in [5.41, 5.74) is 0.913. The third-order valence-corrected chi connectivity index (χ3v) is 4.80. The van der Waals surface area contributed by atoms with Gasteiger partial charge in [-0.15, -0.1) is 0 Å². The SMILES string of the molecule is COc1cc(OC)c([C@@H]2N[C@H](c3ccccc3)C(C)(C)OC2=O)c(OC)c1. The number of carbonyl (C=O) groups is 1. The topological polar surface area (TPSA) is 66.0 Å². The smallest absolute Gasteiger partial charge is 0.328 e. The number of hydrogen-bond acceptors (Lipinski definition) is 6. The number of rotatable bonds is 5. The largest absolute Gasteiger partial charge is 0.496 e. The molecule has 1 aliphatic heterocycles. The van der Waals surface area contributed by atoms with E-state index in [1.165, 1.54) is 0 Å². The number of cyclic esters (lactones) is 1. The first-order chi connectivity index (χ1) is 12.9. The molecule has 6 heteroatoms. The maximum Gasteiger partial charge on any atom is 0.328 e. The van der Waals surface area contributed by atoms with E-state index in [1.807, 2.05) is 44.2 Å². The Hall–Kier alpha value is -2.73. The number of methoxy groups -OCH3 is 3. The molecule has 2 aromatic rings. The van der Waals surface area contributed by atoms with E-state index in [0.717, 1.165) is 5.56 Å². The van der Waals surface area contributed by atoms with E-state index in [-0.39, 0.29) is 12.0 Å². The Bertz CT molecular complexity index is 794. The average Bonchev–Trinajstić information content (AvgIpc) is 2.67. The van der Waals surface area contributed by atoms with E-state index in [1.54, 1.807) is 33.5 Å². The van der Waals surface area contributed by atoms with Gasteiger partial charge >= 0.3 is 5.97 Å². The van der Waals surface area contributed by atoms with Gasteiger partial charge in [0.2, 0.25) is 0 Å². The molecule has 0 radical (unpaired) electrons. The molecule has 2 aromatic carbocycles. The summed E-state index contributed by atoms with van der Waals surface area (Å²) in [5.74, 6) is 1.19. The van der Waals surface area contributed by atoms with E-state index < -0.39 is 11.6 Å². The standard InChI is InChI=1S/C21H25NO5/c1-21(2)19(13-9-7-6-8-10-13)22-18(20(23)27-21)17-15(25-4)11-14(24-3)12-16(17)26-5/h6-12,18-19,22H,1-5H3/t18-,19+/m0/s1. The van der Waals surface area contributed by atoms with Crippen LogP contribution in [-0.4, -0.2) is 32.9 Å². The minimum absolute atomic E-state index is 0.196. The lowest BCUT2D eigenvalue weighted by Crippen LogP contribution is -2.52. The fraction of sp³-hybridized carbons (Fsp3) is 0.381. The van der Waals surface area contributed by atoms with E-state index in [4.69, 9.17) is 18.9 Å². The monoisotopic (exact) mass is 371 g/mol. The third-order valence-electron chi connectivity index (χ3n) is 4.80. The van der Waals surface area contributed by atoms with Crippen LogP contribution in [0.5, 0.6) is 17.2 Å². The molecule has 0 unspecified atom stereocenters. The molecule has 0 spiro atoms. The maximum absolute atomic E-state index is 12.9. The number of carbonyl (C=O) groups excluding carboxylic acids is 1. The summed E-state index contributed by atoms with van der Waals surface area (Å²) >= 11 is 0. The zero-order valence-corrected chi connectivity index (χ0v) is 16.2. The Morgan fingerprint density at radius 2 is 1.56 bits per heavy atom. The second-order valence-electron chi connectivity index (χ2n) is 6.91. The quantitative estimate of drug-likeness (QED) is 0.813. The third kappa shape index (κ3) is 3.57. The van der Waals surface area contributed by atoms with Gasteiger partial charge in [0.1, 0.15) is 28.9 Å². The van der Waals surface area contributed by atoms with Crippen LogP contribution in [0.1, 0.15) is 37.1 Å². The Balaban J connectivity index is 2.07. The Labute approximate surface area is 159 Å². The number of esters is 1. The molecule has 1 fully saturated rings. The van der Waals surface area contributed by atoms with Crippen LogP contribution >= 0.6 is 0 Å². The summed E-state index contributed by atoms with van der Waals surface area (Å²) in [6, 6.07) is 12.4. The maximum atomic E-state index is 12.9. The van der Waals surface area contributed by atoms with Gasteiger partial charge in [-0.05, 0) is 19.4 Å². The van der Waals surface area contributed by atoms with Crippen molar-refractivity contribution in [2.24, 2.45) is 0 Å². The van der Waals surface area contributed by atoms with Gasteiger partial charge in [-0.25, -0.2) is 4.79 Å². The minimum atomic E-state index is -0.737. The predicted molar refractivity (Wildman–Crippen MR) is 101 cm³/mol. The summed E-state index contributed by atoms with van der Waals surface area (Å²) in [5, 5.41) is 3.44. The fourth-order valence-corrected chi connectivity index (χ4v) is 3.47. The summed E-state index contributed by atoms with van der Waals surface area (Å²) in [6.07, 6.45) is 0. The van der Waals surface area contributed by atoms with Crippen molar-refractivity contribution < 1.29 is 23.7 Å². The van der Waals surface area contributed by atoms with E-state index in [0.29, 0.717) is 22.8 Å². The summed E-state index contributed by atoms with van der Waals surface area (Å²) in [6.45, 7) is 3.79. The molecule has 3 rings (SSSR count). The van der Waals surface area contributed by atoms with Gasteiger partial charge in [-0.3, -0.25) is 5.32 Å². The second-order valence-corrected chi connectivity index (χ2v) is 6.91. The Morgan fingerprint density at radius 3 is 2.07 bits per heavy atom. The van der Waals surface area contributed by atoms with E-state index in [9.17, 15) is 4.79 Å². The van der Waals surface area contributed by atoms with Crippen molar-refractivity contribution in [1.82, 2.24) is 5.32 Å². The molecule has 1 N–H and O–H groups in total. The Morgan fingerprint density at radius 1 is 0.963 bits per heavy atom. The van der Waals surface area contributed by atoms with Crippen molar-refractivity contribution in [2.75, 3.05) is 21.3 Å². The first-order valence-electron chi connectivity index (χ1n) is 8.75. The van der Waals surface area contributed by atoms with Crippen molar-refractivity contribution in [3.05, 3.63) is 53.6 Å². The predicted octanol–water partition coefficient (Wildman–Crippen LogP) is 3.42. The van der Waals surface area contributed by atoms with Gasteiger partial charge in [-0.2, -0.15) is 0 Å². The van der Waals surface area contributed by atoms with Crippen molar-refractivity contribution >= 4 is 5.97 Å². The van der Waals surface area contributed by atoms with Crippen LogP contribution in [0.3, 0.4) is 0 Å². The molecule has 1 aliphatic rings. The van der Waals surface area contributed by atoms with Crippen LogP contribution in [0, 0.1) is 0 Å². The lowest BCUT2D eigenvalue weighted by molar-refractivity contribution is -0.172. The molecule has 1 heterocycles. The van der Waals surface area contributed by atoms with Crippen LogP contribution in [0.4, 0.5) is 0 Å². The van der Waals surface area contributed by atoms with Crippen molar-refractivity contribution in [3.63, 3.8) is 0 Å². The minimum Gasteiger partial charge on any atom is -0.496 e. The highest BCUT2D eigenvalue weighted by Gasteiger charge is 2.45. The van der Waals surface area contributed by atoms with Crippen LogP contribution in [0.15, 0.2) is 42.5 Å². The Kier molecular flexibility index (Phi) is 5.28. The molecule has 0 saturated carbocycles. The van der Waals surface area contributed by atoms with Crippen LogP contribution < -0.4 is 19.5 Å². The van der Waals surface area contributed by atoms with Gasteiger partial charge < -0.3 is 18.9 Å². The highest BCUT2D eigenvalue weighted by molar-refractivity contribution is 5.82. The molecule has 2 atom stereocenters. The highest BCUT2D eigenvalue weighted by atomic mass is 16.6. The first kappa shape index (κ1) is 19.0. The molecule has 0 bridgehead atoms. The molecule has 0 aromatic heterocycles. The summed E-state index contributed by atoms with van der Waals surface area (Å²) in [7, 11) is 4.66. The van der Waals surface area contributed by atoms with Crippen LogP contribution in [0.25, 0.3) is 0 Å². The number of morpholine rings is 1. The zero-order valence-electron chi connectivity index (χ0n) is 16.2. The lowest BCUT2D eigenvalue weighted by Gasteiger charge is -2.42. The molecule has 0 amide bonds. The molecule has 144 valence electrons. The normalized spacial score (nSPS) is 21.3. The highest BCUT2D eigenvalue weighted by Crippen LogP contribution is 2.44. The summed E-state index contributed by atoms with van der Waals surface area (Å²) < 4.78 is 22.1. The number of hydrogen-bond donors (Lipinski definition) is 1. The fourth-order valence-electron chi connectivity index (χ4n) is 3.47. The van der Waals surface area contributed by atoms with Gasteiger partial charge in [0, 0.05) is 12.1 Å². The molecule has 6 nitrogen and oxygen atoms in total. The lowest BCUT2D eigenvalue weighted by atomic mass is 9.87. The summed E-state index contributed by atoms with van der Waals surface area (Å²) in [4.78, 5) is 12.9. The number of ether oxygens (including phenoxy) is 4. The second kappa shape index (κ2) is 7.48. The van der Waals surface area contributed by atoms with Crippen LogP contribution in [0.2, 0.25) is 0 Å². The first-order valence-corrected chi connectivity index (χ1v) is 8.75. The molecule has 27 heavy (non-hydrogen) atoms. The van der Waals surface area contributed by atoms with Crippen molar-refractivity contribution in [1.29, 1.82) is 0 Å².